The molecule has 0 bridgehead atoms. The molecule has 208 valence electrons. The van der Waals surface area contributed by atoms with Crippen LogP contribution in [0.15, 0.2) is 36.5 Å². The molecule has 4 rings (SSSR count). The number of primary amides is 1. The molecule has 1 aliphatic carbocycles. The molecule has 0 spiro atoms. The summed E-state index contributed by atoms with van der Waals surface area (Å²) in [6.07, 6.45) is 5.37. The number of hydrogen-bond acceptors (Lipinski definition) is 6. The molecule has 1 aromatic carbocycles. The van der Waals surface area contributed by atoms with Gasteiger partial charge < -0.3 is 20.7 Å². The highest BCUT2D eigenvalue weighted by Crippen LogP contribution is 2.27. The number of ether oxygens (including phenoxy) is 1. The summed E-state index contributed by atoms with van der Waals surface area (Å²) in [5, 5.41) is 2.68. The van der Waals surface area contributed by atoms with Crippen molar-refractivity contribution in [2.75, 3.05) is 7.05 Å². The van der Waals surface area contributed by atoms with Crippen LogP contribution in [0.5, 0.6) is 0 Å². The minimum absolute atomic E-state index is 0.0832. The monoisotopic (exact) mass is 535 g/mol. The fourth-order valence-electron chi connectivity index (χ4n) is 5.05. The van der Waals surface area contributed by atoms with Crippen molar-refractivity contribution in [3.63, 3.8) is 0 Å². The van der Waals surface area contributed by atoms with Gasteiger partial charge in [-0.05, 0) is 50.8 Å². The molecule has 0 radical (unpaired) electrons. The van der Waals surface area contributed by atoms with E-state index in [1.807, 2.05) is 30.3 Å². The Hall–Kier alpha value is -3.95. The molecule has 10 nitrogen and oxygen atoms in total. The van der Waals surface area contributed by atoms with Crippen LogP contribution >= 0.6 is 0 Å². The van der Waals surface area contributed by atoms with Gasteiger partial charge >= 0.3 is 12.1 Å². The SMILES string of the molecule is CN1Cc2cc(-c3ccc(CC(NC(=O)N(C(=O)OC(C)(C)C)C4CCCCC4)C(N)=O)cc3)cnc2C1=O. The molecule has 3 N–H and O–H groups in total. The smallest absolute Gasteiger partial charge is 0.418 e. The first-order valence-electron chi connectivity index (χ1n) is 13.4. The standard InChI is InChI=1S/C29H37N5O5/c1-29(2,3)39-28(38)34(22-8-6-5-7-9-22)27(37)32-23(25(30)35)14-18-10-12-19(13-11-18)20-15-21-17-33(4)26(36)24(21)31-16-20/h10-13,15-16,22-23H,5-9,14,17H2,1-4H3,(H2,30,35)(H,32,37). The van der Waals surface area contributed by atoms with E-state index in [4.69, 9.17) is 10.5 Å². The Bertz CT molecular complexity index is 1250. The molecular weight excluding hydrogens is 498 g/mol. The third-order valence-electron chi connectivity index (χ3n) is 7.04. The van der Waals surface area contributed by atoms with Crippen LogP contribution in [0.1, 0.15) is 74.5 Å². The van der Waals surface area contributed by atoms with Gasteiger partial charge in [-0.2, -0.15) is 0 Å². The first-order valence-corrected chi connectivity index (χ1v) is 13.4. The number of pyridine rings is 1. The zero-order chi connectivity index (χ0) is 28.3. The number of fused-ring (bicyclic) bond motifs is 1. The number of aromatic nitrogens is 1. The second kappa shape index (κ2) is 11.4. The predicted octanol–water partition coefficient (Wildman–Crippen LogP) is 4.01. The lowest BCUT2D eigenvalue weighted by atomic mass is 9.94. The molecule has 2 aliphatic rings. The molecule has 5 amide bonds. The number of hydrogen-bond donors (Lipinski definition) is 2. The summed E-state index contributed by atoms with van der Waals surface area (Å²) in [5.41, 5.74) is 8.82. The molecular formula is C29H37N5O5. The average Bonchev–Trinajstić information content (AvgIpc) is 3.16. The lowest BCUT2D eigenvalue weighted by molar-refractivity contribution is -0.119. The highest BCUT2D eigenvalue weighted by Gasteiger charge is 2.36. The van der Waals surface area contributed by atoms with Crippen LogP contribution in [-0.4, -0.2) is 63.5 Å². The van der Waals surface area contributed by atoms with Gasteiger partial charge in [-0.1, -0.05) is 43.5 Å². The number of nitrogens with one attached hydrogen (secondary N) is 1. The van der Waals surface area contributed by atoms with Crippen LogP contribution in [0.4, 0.5) is 9.59 Å². The van der Waals surface area contributed by atoms with E-state index in [2.05, 4.69) is 10.3 Å². The van der Waals surface area contributed by atoms with Gasteiger partial charge in [0.2, 0.25) is 5.91 Å². The third kappa shape index (κ3) is 6.74. The summed E-state index contributed by atoms with van der Waals surface area (Å²) in [7, 11) is 1.74. The molecule has 39 heavy (non-hydrogen) atoms. The van der Waals surface area contributed by atoms with Crippen molar-refractivity contribution < 1.29 is 23.9 Å². The Balaban J connectivity index is 1.47. The lowest BCUT2D eigenvalue weighted by Gasteiger charge is -2.34. The van der Waals surface area contributed by atoms with E-state index < -0.39 is 29.7 Å². The van der Waals surface area contributed by atoms with E-state index in [0.717, 1.165) is 46.4 Å². The first-order chi connectivity index (χ1) is 18.4. The summed E-state index contributed by atoms with van der Waals surface area (Å²) in [6, 6.07) is 7.48. The summed E-state index contributed by atoms with van der Waals surface area (Å²) >= 11 is 0. The van der Waals surface area contributed by atoms with Gasteiger partial charge in [0.05, 0.1) is 0 Å². The number of nitrogens with two attached hydrogens (primary N) is 1. The second-order valence-electron chi connectivity index (χ2n) is 11.3. The second-order valence-corrected chi connectivity index (χ2v) is 11.3. The zero-order valence-electron chi connectivity index (χ0n) is 23.0. The van der Waals surface area contributed by atoms with Crippen molar-refractivity contribution >= 4 is 23.9 Å². The van der Waals surface area contributed by atoms with Crippen molar-refractivity contribution in [3.8, 4) is 11.1 Å². The van der Waals surface area contributed by atoms with Crippen LogP contribution in [0.25, 0.3) is 11.1 Å². The molecule has 1 atom stereocenters. The van der Waals surface area contributed by atoms with Gasteiger partial charge in [-0.15, -0.1) is 0 Å². The topological polar surface area (TPSA) is 135 Å². The Morgan fingerprint density at radius 2 is 1.79 bits per heavy atom. The zero-order valence-corrected chi connectivity index (χ0v) is 23.0. The molecule has 1 aromatic heterocycles. The van der Waals surface area contributed by atoms with Crippen LogP contribution in [0, 0.1) is 0 Å². The van der Waals surface area contributed by atoms with Crippen molar-refractivity contribution in [1.82, 2.24) is 20.1 Å². The van der Waals surface area contributed by atoms with E-state index in [-0.39, 0.29) is 18.4 Å². The first kappa shape index (κ1) is 28.1. The largest absolute Gasteiger partial charge is 0.443 e. The number of imide groups is 1. The Morgan fingerprint density at radius 1 is 1.13 bits per heavy atom. The van der Waals surface area contributed by atoms with Crippen LogP contribution in [0.2, 0.25) is 0 Å². The summed E-state index contributed by atoms with van der Waals surface area (Å²) in [6.45, 7) is 5.76. The molecule has 1 saturated carbocycles. The fourth-order valence-corrected chi connectivity index (χ4v) is 5.05. The van der Waals surface area contributed by atoms with Gasteiger partial charge in [-0.25, -0.2) is 14.5 Å². The molecule has 2 aromatic rings. The highest BCUT2D eigenvalue weighted by atomic mass is 16.6. The Labute approximate surface area is 228 Å². The fraction of sp³-hybridized carbons (Fsp3) is 0.483. The quantitative estimate of drug-likeness (QED) is 0.574. The number of nitrogens with zero attached hydrogens (tertiary/aromatic N) is 3. The van der Waals surface area contributed by atoms with Gasteiger partial charge in [-0.3, -0.25) is 14.6 Å². The van der Waals surface area contributed by atoms with Crippen LogP contribution < -0.4 is 11.1 Å². The molecule has 0 saturated heterocycles. The minimum atomic E-state index is -1.01. The molecule has 10 heteroatoms. The van der Waals surface area contributed by atoms with Crippen molar-refractivity contribution in [2.24, 2.45) is 5.73 Å². The number of carbonyl (C=O) groups excluding carboxylic acids is 4. The van der Waals surface area contributed by atoms with Crippen LogP contribution in [-0.2, 0) is 22.5 Å². The van der Waals surface area contributed by atoms with Crippen molar-refractivity contribution in [1.29, 1.82) is 0 Å². The average molecular weight is 536 g/mol. The Kier molecular flexibility index (Phi) is 8.22. The number of benzene rings is 1. The maximum Gasteiger partial charge on any atom is 0.418 e. The third-order valence-corrected chi connectivity index (χ3v) is 7.04. The van der Waals surface area contributed by atoms with E-state index in [1.165, 1.54) is 0 Å². The van der Waals surface area contributed by atoms with Crippen LogP contribution in [0.3, 0.4) is 0 Å². The van der Waals surface area contributed by atoms with Gasteiger partial charge in [0.25, 0.3) is 5.91 Å². The summed E-state index contributed by atoms with van der Waals surface area (Å²) < 4.78 is 5.51. The van der Waals surface area contributed by atoms with E-state index in [9.17, 15) is 19.2 Å². The number of amides is 5. The van der Waals surface area contributed by atoms with E-state index >= 15 is 0 Å². The van der Waals surface area contributed by atoms with Gasteiger partial charge in [0.15, 0.2) is 0 Å². The minimum Gasteiger partial charge on any atom is -0.443 e. The number of urea groups is 1. The van der Waals surface area contributed by atoms with E-state index in [0.29, 0.717) is 25.1 Å². The Morgan fingerprint density at radius 3 is 2.41 bits per heavy atom. The van der Waals surface area contributed by atoms with Gasteiger partial charge in [0.1, 0.15) is 17.3 Å². The lowest BCUT2D eigenvalue weighted by Crippen LogP contribution is -2.56. The van der Waals surface area contributed by atoms with Gasteiger partial charge in [0, 0.05) is 43.4 Å². The molecule has 1 unspecified atom stereocenters. The summed E-state index contributed by atoms with van der Waals surface area (Å²) in [5.74, 6) is -0.781. The molecule has 1 fully saturated rings. The number of rotatable bonds is 6. The molecule has 2 heterocycles. The van der Waals surface area contributed by atoms with Crippen molar-refractivity contribution in [2.45, 2.75) is 83.5 Å². The predicted molar refractivity (Wildman–Crippen MR) is 146 cm³/mol. The maximum absolute atomic E-state index is 13.3. The normalized spacial score (nSPS) is 16.4. The van der Waals surface area contributed by atoms with E-state index in [1.54, 1.807) is 38.9 Å². The molecule has 1 aliphatic heterocycles. The summed E-state index contributed by atoms with van der Waals surface area (Å²) in [4.78, 5) is 57.8. The van der Waals surface area contributed by atoms with Crippen molar-refractivity contribution in [3.05, 3.63) is 53.3 Å². The number of carbonyl (C=O) groups is 4. The maximum atomic E-state index is 13.3. The highest BCUT2D eigenvalue weighted by molar-refractivity contribution is 5.97.